The number of hydrogen-bond donors (Lipinski definition) is 0. The number of benzene rings is 2. The standard InChI is InChI=1S/C14H10N2O/c17-11-15-16-14(12-7-3-1-4-8-12)13-9-5-2-6-10-13/h1-10H. The van der Waals surface area contributed by atoms with E-state index in [0.717, 1.165) is 11.1 Å². The highest BCUT2D eigenvalue weighted by atomic mass is 16.1. The highest BCUT2D eigenvalue weighted by Crippen LogP contribution is 2.10. The summed E-state index contributed by atoms with van der Waals surface area (Å²) in [5, 5.41) is 7.21. The Kier molecular flexibility index (Phi) is 3.58. The van der Waals surface area contributed by atoms with Crippen molar-refractivity contribution in [2.75, 3.05) is 0 Å². The molecule has 0 spiro atoms. The number of hydrogen-bond acceptors (Lipinski definition) is 3. The fraction of sp³-hybridized carbons (Fsp3) is 0. The van der Waals surface area contributed by atoms with Gasteiger partial charge in [-0.05, 0) is 0 Å². The third kappa shape index (κ3) is 2.74. The van der Waals surface area contributed by atoms with E-state index in [1.165, 1.54) is 6.08 Å². The lowest BCUT2D eigenvalue weighted by molar-refractivity contribution is 0.563. The Balaban J connectivity index is 2.51. The Bertz CT molecular complexity index is 514. The van der Waals surface area contributed by atoms with Gasteiger partial charge < -0.3 is 0 Å². The third-order valence-electron chi connectivity index (χ3n) is 2.29. The number of isocyanates is 1. The van der Waals surface area contributed by atoms with Gasteiger partial charge in [-0.15, -0.1) is 5.10 Å². The lowest BCUT2D eigenvalue weighted by Gasteiger charge is -2.04. The van der Waals surface area contributed by atoms with Crippen molar-refractivity contribution in [1.82, 2.24) is 0 Å². The first kappa shape index (κ1) is 11.0. The van der Waals surface area contributed by atoms with Gasteiger partial charge in [0.05, 0.1) is 0 Å². The summed E-state index contributed by atoms with van der Waals surface area (Å²) in [4.78, 5) is 10.2. The van der Waals surface area contributed by atoms with E-state index in [2.05, 4.69) is 10.2 Å². The van der Waals surface area contributed by atoms with Crippen molar-refractivity contribution in [2.24, 2.45) is 10.2 Å². The zero-order chi connectivity index (χ0) is 11.9. The molecule has 0 aliphatic heterocycles. The van der Waals surface area contributed by atoms with Crippen molar-refractivity contribution in [1.29, 1.82) is 0 Å². The number of rotatable bonds is 3. The van der Waals surface area contributed by atoms with Crippen molar-refractivity contribution < 1.29 is 4.79 Å². The molecule has 0 atom stereocenters. The van der Waals surface area contributed by atoms with Crippen LogP contribution in [0.15, 0.2) is 70.9 Å². The Morgan fingerprint density at radius 1 is 0.824 bits per heavy atom. The summed E-state index contributed by atoms with van der Waals surface area (Å²) in [7, 11) is 0. The van der Waals surface area contributed by atoms with E-state index in [1.54, 1.807) is 0 Å². The highest BCUT2D eigenvalue weighted by molar-refractivity contribution is 6.12. The summed E-state index contributed by atoms with van der Waals surface area (Å²) in [5.41, 5.74) is 2.49. The molecule has 17 heavy (non-hydrogen) atoms. The van der Waals surface area contributed by atoms with Crippen molar-refractivity contribution >= 4 is 11.8 Å². The predicted molar refractivity (Wildman–Crippen MR) is 66.6 cm³/mol. The summed E-state index contributed by atoms with van der Waals surface area (Å²) < 4.78 is 0. The van der Waals surface area contributed by atoms with Crippen LogP contribution in [0.2, 0.25) is 0 Å². The maximum atomic E-state index is 10.2. The lowest BCUT2D eigenvalue weighted by atomic mass is 10.0. The molecule has 2 aromatic carbocycles. The van der Waals surface area contributed by atoms with Crippen LogP contribution in [0.4, 0.5) is 0 Å². The molecule has 3 nitrogen and oxygen atoms in total. The Labute approximate surface area is 99.1 Å². The molecule has 0 bridgehead atoms. The Morgan fingerprint density at radius 2 is 1.29 bits per heavy atom. The van der Waals surface area contributed by atoms with E-state index in [1.807, 2.05) is 60.7 Å². The predicted octanol–water partition coefficient (Wildman–Crippen LogP) is 2.77. The molecule has 0 fully saturated rings. The van der Waals surface area contributed by atoms with Crippen LogP contribution in [0.25, 0.3) is 0 Å². The number of nitrogens with zero attached hydrogens (tertiary/aromatic N) is 2. The largest absolute Gasteiger partial charge is 0.260 e. The van der Waals surface area contributed by atoms with Crippen LogP contribution in [0, 0.1) is 0 Å². The molecule has 0 radical (unpaired) electrons. The van der Waals surface area contributed by atoms with Crippen LogP contribution in [-0.4, -0.2) is 11.8 Å². The van der Waals surface area contributed by atoms with Gasteiger partial charge in [0.15, 0.2) is 0 Å². The second-order valence-electron chi connectivity index (χ2n) is 3.37. The van der Waals surface area contributed by atoms with Gasteiger partial charge in [0.1, 0.15) is 5.71 Å². The first-order valence-electron chi connectivity index (χ1n) is 5.17. The van der Waals surface area contributed by atoms with Gasteiger partial charge in [-0.3, -0.25) is 0 Å². The summed E-state index contributed by atoms with van der Waals surface area (Å²) in [6.45, 7) is 0. The molecule has 0 amide bonds. The van der Waals surface area contributed by atoms with E-state index in [9.17, 15) is 4.79 Å². The van der Waals surface area contributed by atoms with Gasteiger partial charge in [0.25, 0.3) is 6.08 Å². The van der Waals surface area contributed by atoms with Crippen LogP contribution in [0.3, 0.4) is 0 Å². The molecule has 0 aromatic heterocycles. The minimum absolute atomic E-state index is 0.662. The van der Waals surface area contributed by atoms with E-state index in [0.29, 0.717) is 5.71 Å². The minimum atomic E-state index is 0.662. The van der Waals surface area contributed by atoms with Gasteiger partial charge in [0, 0.05) is 11.1 Å². The maximum absolute atomic E-state index is 10.2. The SMILES string of the molecule is O=C=NN=C(c1ccccc1)c1ccccc1. The topological polar surface area (TPSA) is 41.8 Å². The second-order valence-corrected chi connectivity index (χ2v) is 3.37. The van der Waals surface area contributed by atoms with E-state index in [4.69, 9.17) is 0 Å². The first-order chi connectivity index (χ1) is 8.42. The quantitative estimate of drug-likeness (QED) is 0.447. The fourth-order valence-electron chi connectivity index (χ4n) is 1.54. The molecule has 2 aromatic rings. The smallest absolute Gasteiger partial charge is 0.209 e. The summed E-state index contributed by atoms with van der Waals surface area (Å²) in [6.07, 6.45) is 1.43. The second kappa shape index (κ2) is 5.54. The molecule has 2 rings (SSSR count). The Hall–Kier alpha value is -2.51. The van der Waals surface area contributed by atoms with E-state index >= 15 is 0 Å². The molecule has 0 unspecified atom stereocenters. The normalized spacial score (nSPS) is 9.18. The van der Waals surface area contributed by atoms with Gasteiger partial charge in [-0.1, -0.05) is 65.8 Å². The van der Waals surface area contributed by atoms with Crippen molar-refractivity contribution in [3.63, 3.8) is 0 Å². The average Bonchev–Trinajstić information content (AvgIpc) is 2.42. The number of carbonyl (C=O) groups excluding carboxylic acids is 1. The van der Waals surface area contributed by atoms with Crippen molar-refractivity contribution in [3.8, 4) is 0 Å². The van der Waals surface area contributed by atoms with E-state index in [-0.39, 0.29) is 0 Å². The van der Waals surface area contributed by atoms with E-state index < -0.39 is 0 Å². The van der Waals surface area contributed by atoms with Gasteiger partial charge in [-0.25, -0.2) is 4.79 Å². The molecule has 0 aliphatic rings. The van der Waals surface area contributed by atoms with Crippen LogP contribution in [-0.2, 0) is 4.79 Å². The maximum Gasteiger partial charge on any atom is 0.260 e. The lowest BCUT2D eigenvalue weighted by Crippen LogP contribution is -2.02. The molecular formula is C14H10N2O. The van der Waals surface area contributed by atoms with Crippen LogP contribution < -0.4 is 0 Å². The summed E-state index contributed by atoms with van der Waals surface area (Å²) in [6, 6.07) is 19.2. The average molecular weight is 222 g/mol. The third-order valence-corrected chi connectivity index (χ3v) is 2.29. The molecule has 3 heteroatoms. The van der Waals surface area contributed by atoms with Crippen molar-refractivity contribution in [2.45, 2.75) is 0 Å². The van der Waals surface area contributed by atoms with Gasteiger partial charge in [-0.2, -0.15) is 0 Å². The van der Waals surface area contributed by atoms with Crippen LogP contribution >= 0.6 is 0 Å². The van der Waals surface area contributed by atoms with Gasteiger partial charge in [0.2, 0.25) is 0 Å². The molecule has 82 valence electrons. The molecule has 0 heterocycles. The van der Waals surface area contributed by atoms with Crippen molar-refractivity contribution in [3.05, 3.63) is 71.8 Å². The molecular weight excluding hydrogens is 212 g/mol. The Morgan fingerprint density at radius 3 is 1.71 bits per heavy atom. The zero-order valence-electron chi connectivity index (χ0n) is 9.08. The first-order valence-corrected chi connectivity index (χ1v) is 5.17. The zero-order valence-corrected chi connectivity index (χ0v) is 9.08. The van der Waals surface area contributed by atoms with Gasteiger partial charge >= 0.3 is 0 Å². The van der Waals surface area contributed by atoms with Crippen LogP contribution in [0.1, 0.15) is 11.1 Å². The monoisotopic (exact) mass is 222 g/mol. The summed E-state index contributed by atoms with van der Waals surface area (Å²) in [5.74, 6) is 0. The molecule has 0 N–H and O–H groups in total. The fourth-order valence-corrected chi connectivity index (χ4v) is 1.54. The molecule has 0 saturated carbocycles. The molecule has 0 saturated heterocycles. The summed E-state index contributed by atoms with van der Waals surface area (Å²) >= 11 is 0. The highest BCUT2D eigenvalue weighted by Gasteiger charge is 2.05. The minimum Gasteiger partial charge on any atom is -0.209 e. The molecule has 0 aliphatic carbocycles. The van der Waals surface area contributed by atoms with Crippen LogP contribution in [0.5, 0.6) is 0 Å².